The summed E-state index contributed by atoms with van der Waals surface area (Å²) in [5.74, 6) is -8.20. The Balaban J connectivity index is -0.0000000890. The zero-order chi connectivity index (χ0) is 25.0. The quantitative estimate of drug-likeness (QED) is 0.0996. The summed E-state index contributed by atoms with van der Waals surface area (Å²) >= 11 is 0. The Morgan fingerprint density at radius 1 is 0.692 bits per heavy atom. The van der Waals surface area contributed by atoms with Crippen molar-refractivity contribution in [3.05, 3.63) is 23.0 Å². The number of ether oxygens (including phenoxy) is 2. The smallest absolute Gasteiger partial charge is 0.870 e. The first-order chi connectivity index (χ1) is 14.5. The fourth-order valence-corrected chi connectivity index (χ4v) is 2.77. The number of carbonyl (C=O) groups excluding carboxylic acids is 2. The molecule has 22 nitrogen and oxygen atoms in total. The molecule has 0 unspecified atom stereocenters. The molecule has 216 valence electrons. The first-order valence-electron chi connectivity index (χ1n) is 7.77. The van der Waals surface area contributed by atoms with Gasteiger partial charge in [0.25, 0.3) is 0 Å². The molecule has 2 rings (SSSR count). The summed E-state index contributed by atoms with van der Waals surface area (Å²) in [5, 5.41) is 57.5. The van der Waals surface area contributed by atoms with Crippen molar-refractivity contribution in [1.29, 1.82) is 0 Å². The van der Waals surface area contributed by atoms with Crippen molar-refractivity contribution in [3.8, 4) is 0 Å². The molecule has 0 radical (unpaired) electrons. The van der Waals surface area contributed by atoms with E-state index >= 15 is 0 Å². The van der Waals surface area contributed by atoms with Crippen LogP contribution in [0.5, 0.6) is 0 Å². The fourth-order valence-electron chi connectivity index (χ4n) is 1.99. The Hall–Kier alpha value is 2.31. The third kappa shape index (κ3) is 18.7. The molecule has 0 aromatic carbocycles. The van der Waals surface area contributed by atoms with Gasteiger partial charge in [0, 0.05) is 0 Å². The topological polar surface area (TPSA) is 450 Å². The van der Waals surface area contributed by atoms with Crippen LogP contribution in [-0.2, 0) is 37.2 Å². The van der Waals surface area contributed by atoms with Gasteiger partial charge in [0.05, 0.1) is 13.2 Å². The zero-order valence-corrected chi connectivity index (χ0v) is 34.4. The Kier molecular flexibility index (Phi) is 36.0. The van der Waals surface area contributed by atoms with Crippen LogP contribution in [-0.4, -0.2) is 239 Å². The second kappa shape index (κ2) is 24.6. The summed E-state index contributed by atoms with van der Waals surface area (Å²) in [6.07, 6.45) is -6.96. The van der Waals surface area contributed by atoms with E-state index in [1.165, 1.54) is 0 Å². The Morgan fingerprint density at radius 2 is 0.923 bits per heavy atom. The van der Waals surface area contributed by atoms with Gasteiger partial charge in [-0.25, -0.2) is 9.59 Å². The van der Waals surface area contributed by atoms with E-state index in [1.54, 1.807) is 0 Å². The van der Waals surface area contributed by atoms with E-state index in [-0.39, 0.29) is 169 Å². The summed E-state index contributed by atoms with van der Waals surface area (Å²) < 4.78 is 36.0. The van der Waals surface area contributed by atoms with Gasteiger partial charge in [-0.1, -0.05) is 0 Å². The maximum atomic E-state index is 11.2. The van der Waals surface area contributed by atoms with E-state index < -0.39 is 88.3 Å². The predicted octanol–water partition coefficient (Wildman–Crippen LogP) is -13.1. The maximum Gasteiger partial charge on any atom is 2.00 e. The summed E-state index contributed by atoms with van der Waals surface area (Å²) in [5.41, 5.74) is 0. The van der Waals surface area contributed by atoms with Crippen LogP contribution in [0.3, 0.4) is 0 Å². The van der Waals surface area contributed by atoms with Gasteiger partial charge >= 0.3 is 159 Å². The van der Waals surface area contributed by atoms with Gasteiger partial charge < -0.3 is 99.8 Å². The van der Waals surface area contributed by atoms with E-state index in [9.17, 15) is 48.5 Å². The largest absolute Gasteiger partial charge is 2.00 e. The monoisotopic (exact) mass is 992 g/mol. The number of carbonyl (C=O) groups is 2. The minimum absolute atomic E-state index is 0. The summed E-state index contributed by atoms with van der Waals surface area (Å²) in [6, 6.07) is 0. The summed E-state index contributed by atoms with van der Waals surface area (Å²) in [7, 11) is -11.1. The second-order valence-corrected chi connectivity index (χ2v) is 7.77. The second-order valence-electron chi connectivity index (χ2n) is 5.62. The van der Waals surface area contributed by atoms with Crippen molar-refractivity contribution >= 4 is 174 Å². The van der Waals surface area contributed by atoms with Gasteiger partial charge in [-0.05, 0) is 11.5 Å². The SMILES string of the molecule is O.O.O.O.O=C1O[C@H]([C@@H](O)CO)C([O-])=C1OP(=O)([O-])[O-].O=C1O[C@H]([C@@H](O)CO)C([O-])=C1OP(=O)([O-])[O-].[Ba+2].[Ba+2].[Ba+2]. The number of aliphatic hydroxyl groups is 4. The molecule has 0 saturated carbocycles. The molecule has 0 saturated heterocycles. The van der Waals surface area contributed by atoms with Crippen molar-refractivity contribution < 1.29 is 109 Å². The minimum Gasteiger partial charge on any atom is -0.870 e. The molecular formula is C12H20Ba3O22P2. The van der Waals surface area contributed by atoms with Crippen molar-refractivity contribution in [2.24, 2.45) is 0 Å². The maximum absolute atomic E-state index is 11.2. The average molecular weight is 990 g/mol. The van der Waals surface area contributed by atoms with Gasteiger partial charge in [-0.3, -0.25) is 0 Å². The van der Waals surface area contributed by atoms with E-state index in [1.807, 2.05) is 0 Å². The van der Waals surface area contributed by atoms with Crippen LogP contribution in [0.2, 0.25) is 0 Å². The van der Waals surface area contributed by atoms with Crippen LogP contribution in [0.15, 0.2) is 23.0 Å². The van der Waals surface area contributed by atoms with E-state index in [2.05, 4.69) is 18.5 Å². The van der Waals surface area contributed by atoms with Crippen LogP contribution in [0.25, 0.3) is 0 Å². The van der Waals surface area contributed by atoms with Crippen LogP contribution >= 0.6 is 15.6 Å². The average Bonchev–Trinajstić information content (AvgIpc) is 3.10. The molecule has 2 heterocycles. The molecule has 0 bridgehead atoms. The molecule has 0 amide bonds. The van der Waals surface area contributed by atoms with Gasteiger partial charge in [-0.15, -0.1) is 0 Å². The van der Waals surface area contributed by atoms with Gasteiger partial charge in [-0.2, -0.15) is 0 Å². The Bertz CT molecular complexity index is 827. The van der Waals surface area contributed by atoms with Crippen LogP contribution in [0.4, 0.5) is 0 Å². The molecule has 27 heteroatoms. The number of hydrogen-bond donors (Lipinski definition) is 4. The molecule has 2 aliphatic rings. The van der Waals surface area contributed by atoms with Crippen molar-refractivity contribution in [3.63, 3.8) is 0 Å². The zero-order valence-electron chi connectivity index (χ0n) is 19.2. The molecular weight excluding hydrogens is 970 g/mol. The van der Waals surface area contributed by atoms with Crippen molar-refractivity contribution in [1.82, 2.24) is 0 Å². The van der Waals surface area contributed by atoms with E-state index in [0.29, 0.717) is 0 Å². The number of cyclic esters (lactones) is 2. The molecule has 0 spiro atoms. The van der Waals surface area contributed by atoms with Crippen molar-refractivity contribution in [2.75, 3.05) is 13.2 Å². The Labute approximate surface area is 338 Å². The fraction of sp³-hybridized carbons (Fsp3) is 0.500. The summed E-state index contributed by atoms with van der Waals surface area (Å²) in [4.78, 5) is 62.5. The van der Waals surface area contributed by atoms with Gasteiger partial charge in [0.15, 0.2) is 0 Å². The number of esters is 2. The van der Waals surface area contributed by atoms with E-state index in [0.717, 1.165) is 0 Å². The van der Waals surface area contributed by atoms with Crippen molar-refractivity contribution in [2.45, 2.75) is 24.4 Å². The predicted molar refractivity (Wildman–Crippen MR) is 109 cm³/mol. The third-order valence-corrected chi connectivity index (χ3v) is 4.09. The van der Waals surface area contributed by atoms with Crippen LogP contribution in [0.1, 0.15) is 0 Å². The molecule has 39 heavy (non-hydrogen) atoms. The molecule has 0 aromatic rings. The third-order valence-electron chi connectivity index (χ3n) is 3.28. The van der Waals surface area contributed by atoms with Gasteiger partial charge in [0.1, 0.15) is 40.1 Å². The van der Waals surface area contributed by atoms with Crippen LogP contribution in [0, 0.1) is 0 Å². The number of hydrogen-bond acceptors (Lipinski definition) is 18. The molecule has 12 N–H and O–H groups in total. The molecule has 0 aromatic heterocycles. The number of phosphoric ester groups is 2. The minimum atomic E-state index is -5.56. The standard InChI is InChI=1S/2C6H9O9P.3Ba.4H2O/c2*7-1-2(8)4-3(9)5(6(10)14-4)15-16(11,12)13;;;;;;;/h2*2,4,7-9H,1H2,(H2,11,12,13);;;;4*1H2/q;;3*+2;;;;/p-6/t2*2-,4+;;;;;;;/m00......./s1. The number of rotatable bonds is 8. The number of aliphatic hydroxyl groups excluding tert-OH is 4. The molecule has 0 aliphatic carbocycles. The first kappa shape index (κ1) is 57.0. The van der Waals surface area contributed by atoms with E-state index in [4.69, 9.17) is 20.4 Å². The normalized spacial score (nSPS) is 19.1. The molecule has 2 aliphatic heterocycles. The van der Waals surface area contributed by atoms with Crippen LogP contribution < -0.4 is 29.8 Å². The first-order valence-corrected chi connectivity index (χ1v) is 10.7. The summed E-state index contributed by atoms with van der Waals surface area (Å²) in [6.45, 7) is -1.77. The Morgan fingerprint density at radius 3 is 1.10 bits per heavy atom. The molecule has 4 atom stereocenters. The number of phosphoric acid groups is 2. The molecule has 0 fully saturated rings. The van der Waals surface area contributed by atoms with Gasteiger partial charge in [0.2, 0.25) is 11.5 Å².